The molecule has 4 aliphatic rings. The number of carboxylic acid groups (broad SMARTS) is 1. The zero-order valence-corrected chi connectivity index (χ0v) is 18.1. The summed E-state index contributed by atoms with van der Waals surface area (Å²) in [5.41, 5.74) is -0.398. The quantitative estimate of drug-likeness (QED) is 0.662. The second-order valence-corrected chi connectivity index (χ2v) is 11.2. The lowest BCUT2D eigenvalue weighted by Gasteiger charge is -2.61. The summed E-state index contributed by atoms with van der Waals surface area (Å²) in [7, 11) is 0. The van der Waals surface area contributed by atoms with E-state index in [4.69, 9.17) is 5.11 Å². The van der Waals surface area contributed by atoms with Gasteiger partial charge in [0.25, 0.3) is 0 Å². The van der Waals surface area contributed by atoms with E-state index in [1.807, 2.05) is 0 Å². The van der Waals surface area contributed by atoms with Crippen molar-refractivity contribution < 1.29 is 24.9 Å². The number of Topliss-reactive ketones (excluding diaryl/α,β-unsaturated/α-hetero) is 1. The highest BCUT2D eigenvalue weighted by molar-refractivity contribution is 5.87. The van der Waals surface area contributed by atoms with Gasteiger partial charge in [0.05, 0.1) is 12.2 Å². The molecule has 10 atom stereocenters. The summed E-state index contributed by atoms with van der Waals surface area (Å²) in [5, 5.41) is 30.5. The van der Waals surface area contributed by atoms with Gasteiger partial charge in [0.1, 0.15) is 5.78 Å². The van der Waals surface area contributed by atoms with Crippen LogP contribution in [0, 0.1) is 46.3 Å². The van der Waals surface area contributed by atoms with Crippen LogP contribution < -0.4 is 0 Å². The molecular formula is C24H38O5. The number of hydrogen-bond donors (Lipinski definition) is 3. The molecule has 0 aromatic heterocycles. The van der Waals surface area contributed by atoms with Gasteiger partial charge in [-0.25, -0.2) is 0 Å². The smallest absolute Gasteiger partial charge is 0.303 e. The van der Waals surface area contributed by atoms with Gasteiger partial charge in [-0.05, 0) is 85.9 Å². The number of carbonyl (C=O) groups excluding carboxylic acids is 1. The lowest BCUT2D eigenvalue weighted by molar-refractivity contribution is -0.181. The Bertz CT molecular complexity index is 676. The van der Waals surface area contributed by atoms with Crippen molar-refractivity contribution in [3.05, 3.63) is 0 Å². The molecule has 1 unspecified atom stereocenters. The van der Waals surface area contributed by atoms with Crippen molar-refractivity contribution >= 4 is 11.8 Å². The monoisotopic (exact) mass is 406 g/mol. The van der Waals surface area contributed by atoms with Gasteiger partial charge < -0.3 is 15.3 Å². The molecule has 0 aromatic rings. The molecule has 5 heteroatoms. The lowest BCUT2D eigenvalue weighted by atomic mass is 9.43. The van der Waals surface area contributed by atoms with Gasteiger partial charge in [-0.15, -0.1) is 0 Å². The summed E-state index contributed by atoms with van der Waals surface area (Å²) in [4.78, 5) is 24.7. The number of hydrogen-bond acceptors (Lipinski definition) is 4. The number of ketones is 1. The molecule has 0 heterocycles. The Balaban J connectivity index is 1.62. The fourth-order valence-corrected chi connectivity index (χ4v) is 8.41. The number of aliphatic hydroxyl groups is 2. The van der Waals surface area contributed by atoms with E-state index in [1.54, 1.807) is 0 Å². The van der Waals surface area contributed by atoms with Crippen molar-refractivity contribution in [1.82, 2.24) is 0 Å². The second kappa shape index (κ2) is 7.33. The largest absolute Gasteiger partial charge is 0.481 e. The van der Waals surface area contributed by atoms with Crippen molar-refractivity contribution in [2.24, 2.45) is 46.3 Å². The summed E-state index contributed by atoms with van der Waals surface area (Å²) in [6.07, 6.45) is 5.82. The summed E-state index contributed by atoms with van der Waals surface area (Å²) >= 11 is 0. The van der Waals surface area contributed by atoms with Crippen LogP contribution in [0.1, 0.15) is 78.6 Å². The molecular weight excluding hydrogens is 368 g/mol. The molecule has 4 saturated carbocycles. The zero-order valence-electron chi connectivity index (χ0n) is 18.1. The predicted octanol–water partition coefficient (Wildman–Crippen LogP) is 3.66. The van der Waals surface area contributed by atoms with Gasteiger partial charge in [-0.3, -0.25) is 9.59 Å². The molecule has 0 aliphatic heterocycles. The van der Waals surface area contributed by atoms with Crippen molar-refractivity contribution in [3.8, 4) is 0 Å². The highest BCUT2D eigenvalue weighted by Crippen LogP contribution is 2.67. The third kappa shape index (κ3) is 3.18. The summed E-state index contributed by atoms with van der Waals surface area (Å²) < 4.78 is 0. The zero-order chi connectivity index (χ0) is 21.1. The van der Waals surface area contributed by atoms with Gasteiger partial charge in [-0.2, -0.15) is 0 Å². The third-order valence-corrected chi connectivity index (χ3v) is 10.1. The maximum atomic E-state index is 13.6. The standard InChI is InChI=1S/C24H38O5/c1-13(4-7-21(28)29)16-5-6-17-22-18(12-20(27)24(16,17)3)23(2)9-8-15(25)10-14(23)11-19(22)26/h13-19,22,25-26H,4-12H2,1-3H3,(H,28,29)/t13?,14-,15+,16+,17-,18-,19-,22-,23-,24+/m0/s1. The second-order valence-electron chi connectivity index (χ2n) is 11.2. The molecule has 4 fully saturated rings. The van der Waals surface area contributed by atoms with Gasteiger partial charge in [0.15, 0.2) is 0 Å². The molecule has 0 bridgehead atoms. The predicted molar refractivity (Wildman–Crippen MR) is 109 cm³/mol. The third-order valence-electron chi connectivity index (χ3n) is 10.1. The average Bonchev–Trinajstić information content (AvgIpc) is 3.01. The van der Waals surface area contributed by atoms with E-state index in [-0.39, 0.29) is 47.5 Å². The number of carbonyl (C=O) groups is 2. The molecule has 5 nitrogen and oxygen atoms in total. The van der Waals surface area contributed by atoms with Gasteiger partial charge in [0.2, 0.25) is 0 Å². The molecule has 0 amide bonds. The minimum atomic E-state index is -0.771. The maximum absolute atomic E-state index is 13.6. The van der Waals surface area contributed by atoms with Crippen molar-refractivity contribution in [3.63, 3.8) is 0 Å². The van der Waals surface area contributed by atoms with E-state index in [2.05, 4.69) is 20.8 Å². The maximum Gasteiger partial charge on any atom is 0.303 e. The minimum absolute atomic E-state index is 0.0348. The summed E-state index contributed by atoms with van der Waals surface area (Å²) in [6.45, 7) is 6.54. The van der Waals surface area contributed by atoms with Crippen LogP contribution >= 0.6 is 0 Å². The Morgan fingerprint density at radius 3 is 2.55 bits per heavy atom. The molecule has 4 rings (SSSR count). The van der Waals surface area contributed by atoms with Crippen molar-refractivity contribution in [1.29, 1.82) is 0 Å². The SMILES string of the molecule is CC(CCC(=O)O)[C@H]1CC[C@H]2[C@@H]3[C@@H](O)C[C@@H]4C[C@H](O)CC[C@]4(C)[C@H]3CC(=O)[C@]12C. The van der Waals surface area contributed by atoms with Gasteiger partial charge in [0, 0.05) is 18.3 Å². The highest BCUT2D eigenvalue weighted by atomic mass is 16.4. The minimum Gasteiger partial charge on any atom is -0.481 e. The molecule has 0 radical (unpaired) electrons. The Morgan fingerprint density at radius 1 is 1.14 bits per heavy atom. The molecule has 0 aromatic carbocycles. The average molecular weight is 407 g/mol. The van der Waals surface area contributed by atoms with Gasteiger partial charge in [-0.1, -0.05) is 20.8 Å². The Morgan fingerprint density at radius 2 is 1.86 bits per heavy atom. The van der Waals surface area contributed by atoms with Crippen LogP contribution in [0.3, 0.4) is 0 Å². The first kappa shape index (κ1) is 21.3. The van der Waals surface area contributed by atoms with Crippen LogP contribution in [-0.4, -0.2) is 39.3 Å². The van der Waals surface area contributed by atoms with Crippen LogP contribution in [-0.2, 0) is 9.59 Å². The van der Waals surface area contributed by atoms with Gasteiger partial charge >= 0.3 is 5.97 Å². The number of aliphatic carboxylic acids is 1. The Labute approximate surface area is 174 Å². The number of carboxylic acids is 1. The number of fused-ring (bicyclic) bond motifs is 5. The normalized spacial score (nSPS) is 50.4. The van der Waals surface area contributed by atoms with E-state index in [9.17, 15) is 19.8 Å². The Hall–Kier alpha value is -0.940. The Kier molecular flexibility index (Phi) is 5.39. The van der Waals surface area contributed by atoms with E-state index < -0.39 is 17.5 Å². The molecule has 29 heavy (non-hydrogen) atoms. The highest BCUT2D eigenvalue weighted by Gasteiger charge is 2.65. The summed E-state index contributed by atoms with van der Waals surface area (Å²) in [5.74, 6) is 0.855. The van der Waals surface area contributed by atoms with Crippen molar-refractivity contribution in [2.75, 3.05) is 0 Å². The molecule has 4 aliphatic carbocycles. The van der Waals surface area contributed by atoms with E-state index in [0.717, 1.165) is 38.5 Å². The molecule has 0 spiro atoms. The first-order chi connectivity index (χ1) is 13.6. The fourth-order valence-electron chi connectivity index (χ4n) is 8.41. The molecule has 0 saturated heterocycles. The van der Waals surface area contributed by atoms with E-state index >= 15 is 0 Å². The molecule has 164 valence electrons. The van der Waals surface area contributed by atoms with E-state index in [1.165, 1.54) is 0 Å². The van der Waals surface area contributed by atoms with Crippen LogP contribution in [0.15, 0.2) is 0 Å². The number of aliphatic hydroxyl groups excluding tert-OH is 2. The van der Waals surface area contributed by atoms with Crippen molar-refractivity contribution in [2.45, 2.75) is 90.8 Å². The van der Waals surface area contributed by atoms with Crippen LogP contribution in [0.2, 0.25) is 0 Å². The fraction of sp³-hybridized carbons (Fsp3) is 0.917. The van der Waals surface area contributed by atoms with E-state index in [0.29, 0.717) is 24.5 Å². The topological polar surface area (TPSA) is 94.8 Å². The lowest BCUT2D eigenvalue weighted by Crippen LogP contribution is -2.61. The van der Waals surface area contributed by atoms with Crippen LogP contribution in [0.4, 0.5) is 0 Å². The molecule has 3 N–H and O–H groups in total. The summed E-state index contributed by atoms with van der Waals surface area (Å²) in [6, 6.07) is 0. The first-order valence-corrected chi connectivity index (χ1v) is 11.7. The first-order valence-electron chi connectivity index (χ1n) is 11.7. The number of rotatable bonds is 4. The van der Waals surface area contributed by atoms with Crippen LogP contribution in [0.5, 0.6) is 0 Å². The van der Waals surface area contributed by atoms with Crippen LogP contribution in [0.25, 0.3) is 0 Å².